The van der Waals surface area contributed by atoms with Gasteiger partial charge in [0.25, 0.3) is 0 Å². The van der Waals surface area contributed by atoms with Crippen molar-refractivity contribution >= 4 is 17.6 Å². The zero-order valence-electron chi connectivity index (χ0n) is 15.1. The fraction of sp³-hybridized carbons (Fsp3) is 0.300. The van der Waals surface area contributed by atoms with Crippen LogP contribution in [0.5, 0.6) is 5.75 Å². The number of ketones is 1. The van der Waals surface area contributed by atoms with Gasteiger partial charge in [0.1, 0.15) is 12.4 Å². The molecule has 0 saturated heterocycles. The number of hydrogen-bond donors (Lipinski definition) is 1. The van der Waals surface area contributed by atoms with Crippen LogP contribution in [0.4, 0.5) is 10.5 Å². The fourth-order valence-corrected chi connectivity index (χ4v) is 2.82. The number of Topliss-reactive ketones (excluding diaryl/α,β-unsaturated/α-hetero) is 1. The number of anilines is 1. The molecule has 0 saturated carbocycles. The van der Waals surface area contributed by atoms with E-state index in [2.05, 4.69) is 0 Å². The molecule has 1 aliphatic rings. The topological polar surface area (TPSA) is 91.1 Å². The Morgan fingerprint density at radius 3 is 2.74 bits per heavy atom. The highest BCUT2D eigenvalue weighted by Crippen LogP contribution is 2.31. The van der Waals surface area contributed by atoms with Gasteiger partial charge in [0.05, 0.1) is 6.61 Å². The van der Waals surface area contributed by atoms with Crippen LogP contribution in [0.3, 0.4) is 0 Å². The number of benzene rings is 2. The summed E-state index contributed by atoms with van der Waals surface area (Å²) in [6, 6.07) is 12.8. The average Bonchev–Trinajstić information content (AvgIpc) is 2.70. The molecule has 2 N–H and O–H groups in total. The number of fused-ring (bicyclic) bond motifs is 1. The number of ether oxygens (including phenoxy) is 3. The normalized spacial score (nSPS) is 12.6. The second kappa shape index (κ2) is 8.55. The second-order valence-corrected chi connectivity index (χ2v) is 6.25. The molecule has 0 aromatic heterocycles. The van der Waals surface area contributed by atoms with Crippen molar-refractivity contribution < 1.29 is 23.8 Å². The number of hydrogen-bond acceptors (Lipinski definition) is 6. The first-order chi connectivity index (χ1) is 13.1. The number of carbonyl (C=O) groups excluding carboxylic acids is 2. The van der Waals surface area contributed by atoms with Gasteiger partial charge in [-0.3, -0.25) is 4.79 Å². The summed E-state index contributed by atoms with van der Waals surface area (Å²) < 4.78 is 15.9. The predicted octanol–water partition coefficient (Wildman–Crippen LogP) is 2.98. The van der Waals surface area contributed by atoms with Gasteiger partial charge in [0, 0.05) is 36.8 Å². The average molecular weight is 370 g/mol. The smallest absolute Gasteiger partial charge is 0.409 e. The van der Waals surface area contributed by atoms with Gasteiger partial charge < -0.3 is 24.8 Å². The van der Waals surface area contributed by atoms with Gasteiger partial charge in [-0.1, -0.05) is 30.3 Å². The van der Waals surface area contributed by atoms with Crippen LogP contribution in [0.1, 0.15) is 27.9 Å². The van der Waals surface area contributed by atoms with Crippen LogP contribution < -0.4 is 10.5 Å². The zero-order valence-corrected chi connectivity index (χ0v) is 15.1. The first-order valence-corrected chi connectivity index (χ1v) is 8.63. The van der Waals surface area contributed by atoms with Crippen molar-refractivity contribution in [2.75, 3.05) is 26.1 Å². The summed E-state index contributed by atoms with van der Waals surface area (Å²) in [5.41, 5.74) is 8.32. The molecule has 0 spiro atoms. The van der Waals surface area contributed by atoms with E-state index in [0.717, 1.165) is 5.56 Å². The molecule has 0 aliphatic carbocycles. The lowest BCUT2D eigenvalue weighted by Gasteiger charge is -2.22. The van der Waals surface area contributed by atoms with Crippen molar-refractivity contribution in [3.05, 3.63) is 59.2 Å². The summed E-state index contributed by atoms with van der Waals surface area (Å²) in [6.07, 6.45) is -0.362. The Morgan fingerprint density at radius 2 is 1.96 bits per heavy atom. The molecule has 0 radical (unpaired) electrons. The quantitative estimate of drug-likeness (QED) is 0.621. The number of nitrogen functional groups attached to an aromatic ring is 1. The minimum Gasteiger partial charge on any atom is -0.467 e. The lowest BCUT2D eigenvalue weighted by molar-refractivity contribution is -0.0167. The van der Waals surface area contributed by atoms with Crippen LogP contribution in [0, 0.1) is 0 Å². The molecule has 1 heterocycles. The van der Waals surface area contributed by atoms with E-state index >= 15 is 0 Å². The molecule has 0 unspecified atom stereocenters. The van der Waals surface area contributed by atoms with Crippen LogP contribution >= 0.6 is 0 Å². The molecule has 0 bridgehead atoms. The first-order valence-electron chi connectivity index (χ1n) is 8.63. The molecule has 1 amide bonds. The van der Waals surface area contributed by atoms with Crippen molar-refractivity contribution in [3.8, 4) is 5.75 Å². The number of nitrogens with zero attached hydrogens (tertiary/aromatic N) is 1. The van der Waals surface area contributed by atoms with Gasteiger partial charge in [-0.15, -0.1) is 0 Å². The minimum atomic E-state index is -0.485. The van der Waals surface area contributed by atoms with E-state index in [9.17, 15) is 9.59 Å². The van der Waals surface area contributed by atoms with E-state index in [1.807, 2.05) is 30.3 Å². The van der Waals surface area contributed by atoms with E-state index in [1.54, 1.807) is 19.2 Å². The molecule has 1 aliphatic heterocycles. The summed E-state index contributed by atoms with van der Waals surface area (Å²) in [6.45, 7) is 0.833. The lowest BCUT2D eigenvalue weighted by Crippen LogP contribution is -2.30. The van der Waals surface area contributed by atoms with Crippen molar-refractivity contribution in [3.63, 3.8) is 0 Å². The third-order valence-electron chi connectivity index (χ3n) is 4.32. The summed E-state index contributed by atoms with van der Waals surface area (Å²) in [4.78, 5) is 26.1. The summed E-state index contributed by atoms with van der Waals surface area (Å²) >= 11 is 0. The maximum atomic E-state index is 12.7. The van der Waals surface area contributed by atoms with E-state index in [-0.39, 0.29) is 38.8 Å². The highest BCUT2D eigenvalue weighted by molar-refractivity contribution is 6.03. The summed E-state index contributed by atoms with van der Waals surface area (Å²) in [7, 11) is 1.59. The fourth-order valence-electron chi connectivity index (χ4n) is 2.82. The van der Waals surface area contributed by atoms with Crippen LogP contribution in [0.2, 0.25) is 0 Å². The number of carbonyl (C=O) groups is 2. The summed E-state index contributed by atoms with van der Waals surface area (Å²) in [5.74, 6) is 0.440. The molecule has 2 aromatic rings. The van der Waals surface area contributed by atoms with Crippen molar-refractivity contribution in [1.29, 1.82) is 0 Å². The molecule has 7 nitrogen and oxygen atoms in total. The Hall–Kier alpha value is -3.06. The predicted molar refractivity (Wildman–Crippen MR) is 99.3 cm³/mol. The molecule has 0 atom stereocenters. The highest BCUT2D eigenvalue weighted by Gasteiger charge is 2.23. The van der Waals surface area contributed by atoms with Gasteiger partial charge in [0.2, 0.25) is 0 Å². The highest BCUT2D eigenvalue weighted by atomic mass is 16.7. The Morgan fingerprint density at radius 1 is 1.19 bits per heavy atom. The Labute approximate surface area is 157 Å². The molecular weight excluding hydrogens is 348 g/mol. The van der Waals surface area contributed by atoms with Gasteiger partial charge in [-0.25, -0.2) is 4.79 Å². The maximum absolute atomic E-state index is 12.7. The number of nitrogens with two attached hydrogens (primary N) is 1. The molecule has 142 valence electrons. The van der Waals surface area contributed by atoms with Gasteiger partial charge in [-0.2, -0.15) is 0 Å². The minimum absolute atomic E-state index is 0.123. The first kappa shape index (κ1) is 18.7. The van der Waals surface area contributed by atoms with E-state index in [1.165, 1.54) is 4.90 Å². The van der Waals surface area contributed by atoms with Crippen LogP contribution in [0.25, 0.3) is 0 Å². The molecular formula is C20H22N2O5. The monoisotopic (exact) mass is 370 g/mol. The largest absolute Gasteiger partial charge is 0.467 e. The van der Waals surface area contributed by atoms with Crippen molar-refractivity contribution in [1.82, 2.24) is 4.90 Å². The molecule has 3 rings (SSSR count). The maximum Gasteiger partial charge on any atom is 0.409 e. The molecule has 0 fully saturated rings. The Balaban J connectivity index is 1.56. The molecule has 2 aromatic carbocycles. The number of rotatable bonds is 6. The lowest BCUT2D eigenvalue weighted by atomic mass is 9.98. The Bertz CT molecular complexity index is 823. The van der Waals surface area contributed by atoms with Gasteiger partial charge in [0.15, 0.2) is 12.6 Å². The Kier molecular flexibility index (Phi) is 5.93. The van der Waals surface area contributed by atoms with Gasteiger partial charge >= 0.3 is 6.09 Å². The third-order valence-corrected chi connectivity index (χ3v) is 4.32. The van der Waals surface area contributed by atoms with Crippen LogP contribution in [0.15, 0.2) is 42.5 Å². The van der Waals surface area contributed by atoms with Crippen LogP contribution in [-0.2, 0) is 22.7 Å². The van der Waals surface area contributed by atoms with Crippen molar-refractivity contribution in [2.45, 2.75) is 19.6 Å². The van der Waals surface area contributed by atoms with Crippen molar-refractivity contribution in [2.24, 2.45) is 0 Å². The zero-order chi connectivity index (χ0) is 19.2. The number of amides is 1. The summed E-state index contributed by atoms with van der Waals surface area (Å²) in [5, 5.41) is 0. The standard InChI is InChI=1S/C20H22N2O5/c1-22(20(24)26-11-14-5-3-2-4-6-14)10-9-17(23)19-15-12-25-13-27-18(15)8-7-16(19)21/h2-8H,9-13,21H2,1H3. The van der Waals surface area contributed by atoms with E-state index < -0.39 is 6.09 Å². The molecule has 7 heteroatoms. The molecule has 27 heavy (non-hydrogen) atoms. The van der Waals surface area contributed by atoms with Crippen LogP contribution in [-0.4, -0.2) is 37.2 Å². The third kappa shape index (κ3) is 4.57. The van der Waals surface area contributed by atoms with Gasteiger partial charge in [-0.05, 0) is 17.7 Å². The SMILES string of the molecule is CN(CCC(=O)c1c(N)ccc2c1COCO2)C(=O)OCc1ccccc1. The van der Waals surface area contributed by atoms with E-state index in [4.69, 9.17) is 19.9 Å². The second-order valence-electron chi connectivity index (χ2n) is 6.25. The van der Waals surface area contributed by atoms with E-state index in [0.29, 0.717) is 22.6 Å².